The van der Waals surface area contributed by atoms with Gasteiger partial charge in [-0.2, -0.15) is 4.98 Å². The van der Waals surface area contributed by atoms with E-state index < -0.39 is 0 Å². The Balaban J connectivity index is 1.81. The number of hydrogen-bond acceptors (Lipinski definition) is 5. The summed E-state index contributed by atoms with van der Waals surface area (Å²) in [5, 5.41) is 8.11. The van der Waals surface area contributed by atoms with Gasteiger partial charge in [0.25, 0.3) is 5.89 Å². The minimum Gasteiger partial charge on any atom is -0.350 e. The van der Waals surface area contributed by atoms with Gasteiger partial charge in [-0.15, -0.1) is 0 Å². The second kappa shape index (κ2) is 5.28. The van der Waals surface area contributed by atoms with E-state index in [0.717, 1.165) is 21.8 Å². The standard InChI is InChI=1S/C18H15N3OS/c1-10-14(5-4-6-15(10)18-19-11(2)21-22-18)13-7-8-16-17(9-13)23-12(3)20-16/h4-9,20H,3H2,1-2H3. The van der Waals surface area contributed by atoms with E-state index in [1.807, 2.05) is 19.1 Å². The van der Waals surface area contributed by atoms with E-state index >= 15 is 0 Å². The second-order valence-corrected chi connectivity index (χ2v) is 6.62. The molecule has 0 unspecified atom stereocenters. The molecule has 114 valence electrons. The van der Waals surface area contributed by atoms with Crippen LogP contribution in [0.3, 0.4) is 0 Å². The molecule has 0 spiro atoms. The van der Waals surface area contributed by atoms with Crippen molar-refractivity contribution in [3.63, 3.8) is 0 Å². The van der Waals surface area contributed by atoms with Crippen LogP contribution in [0.15, 0.2) is 57.4 Å². The van der Waals surface area contributed by atoms with Crippen molar-refractivity contribution in [3.8, 4) is 22.6 Å². The van der Waals surface area contributed by atoms with Crippen molar-refractivity contribution >= 4 is 17.4 Å². The first-order valence-electron chi connectivity index (χ1n) is 7.30. The van der Waals surface area contributed by atoms with Crippen molar-refractivity contribution in [1.82, 2.24) is 10.1 Å². The summed E-state index contributed by atoms with van der Waals surface area (Å²) < 4.78 is 5.32. The monoisotopic (exact) mass is 321 g/mol. The minimum atomic E-state index is 0.562. The third kappa shape index (κ3) is 2.43. The summed E-state index contributed by atoms with van der Waals surface area (Å²) in [6, 6.07) is 12.6. The molecule has 0 saturated heterocycles. The Morgan fingerprint density at radius 1 is 1.13 bits per heavy atom. The van der Waals surface area contributed by atoms with Gasteiger partial charge in [0, 0.05) is 10.5 Å². The third-order valence-electron chi connectivity index (χ3n) is 3.89. The van der Waals surface area contributed by atoms with Crippen LogP contribution in [-0.4, -0.2) is 10.1 Å². The number of anilines is 1. The maximum absolute atomic E-state index is 5.32. The van der Waals surface area contributed by atoms with Crippen LogP contribution < -0.4 is 5.32 Å². The average molecular weight is 321 g/mol. The molecule has 23 heavy (non-hydrogen) atoms. The molecule has 3 aromatic rings. The summed E-state index contributed by atoms with van der Waals surface area (Å²) in [5.74, 6) is 1.20. The molecular formula is C18H15N3OS. The van der Waals surface area contributed by atoms with Crippen LogP contribution in [0.25, 0.3) is 22.6 Å². The van der Waals surface area contributed by atoms with Crippen LogP contribution in [-0.2, 0) is 0 Å². The summed E-state index contributed by atoms with van der Waals surface area (Å²) in [6.07, 6.45) is 0. The smallest absolute Gasteiger partial charge is 0.258 e. The number of fused-ring (bicyclic) bond motifs is 1. The normalized spacial score (nSPS) is 13.0. The van der Waals surface area contributed by atoms with Crippen LogP contribution in [0.5, 0.6) is 0 Å². The van der Waals surface area contributed by atoms with Gasteiger partial charge in [-0.3, -0.25) is 0 Å². The molecule has 4 nitrogen and oxygen atoms in total. The van der Waals surface area contributed by atoms with E-state index in [0.29, 0.717) is 11.7 Å². The van der Waals surface area contributed by atoms with Gasteiger partial charge in [0.15, 0.2) is 5.82 Å². The average Bonchev–Trinajstić information content (AvgIpc) is 3.11. The van der Waals surface area contributed by atoms with E-state index in [-0.39, 0.29) is 0 Å². The van der Waals surface area contributed by atoms with Gasteiger partial charge >= 0.3 is 0 Å². The molecule has 2 heterocycles. The van der Waals surface area contributed by atoms with E-state index in [4.69, 9.17) is 4.52 Å². The molecular weight excluding hydrogens is 306 g/mol. The van der Waals surface area contributed by atoms with Crippen molar-refractivity contribution in [3.05, 3.63) is 59.4 Å². The fourth-order valence-corrected chi connectivity index (χ4v) is 3.61. The minimum absolute atomic E-state index is 0.562. The van der Waals surface area contributed by atoms with Crippen molar-refractivity contribution in [1.29, 1.82) is 0 Å². The van der Waals surface area contributed by atoms with Crippen molar-refractivity contribution in [2.24, 2.45) is 0 Å². The summed E-state index contributed by atoms with van der Waals surface area (Å²) in [6.45, 7) is 7.88. The highest BCUT2D eigenvalue weighted by Gasteiger charge is 2.17. The molecule has 1 aliphatic rings. The maximum atomic E-state index is 5.32. The number of aromatic nitrogens is 2. The first-order valence-corrected chi connectivity index (χ1v) is 8.12. The Morgan fingerprint density at radius 2 is 1.96 bits per heavy atom. The van der Waals surface area contributed by atoms with Gasteiger partial charge in [-0.05, 0) is 48.7 Å². The number of nitrogens with one attached hydrogen (secondary N) is 1. The Labute approximate surface area is 138 Å². The van der Waals surface area contributed by atoms with Gasteiger partial charge in [0.2, 0.25) is 0 Å². The summed E-state index contributed by atoms with van der Waals surface area (Å²) in [5.41, 5.74) is 5.55. The van der Waals surface area contributed by atoms with Crippen LogP contribution in [0.1, 0.15) is 11.4 Å². The van der Waals surface area contributed by atoms with E-state index in [1.165, 1.54) is 16.0 Å². The van der Waals surface area contributed by atoms with Crippen LogP contribution in [0.2, 0.25) is 0 Å². The largest absolute Gasteiger partial charge is 0.350 e. The number of benzene rings is 2. The molecule has 1 aliphatic heterocycles. The number of thioether (sulfide) groups is 1. The highest BCUT2D eigenvalue weighted by Crippen LogP contribution is 2.42. The van der Waals surface area contributed by atoms with Crippen molar-refractivity contribution in [2.75, 3.05) is 5.32 Å². The van der Waals surface area contributed by atoms with Gasteiger partial charge < -0.3 is 9.84 Å². The Bertz CT molecular complexity index is 930. The van der Waals surface area contributed by atoms with Gasteiger partial charge in [0.05, 0.1) is 10.7 Å². The first-order chi connectivity index (χ1) is 11.1. The first kappa shape index (κ1) is 14.1. The lowest BCUT2D eigenvalue weighted by molar-refractivity contribution is 0.425. The van der Waals surface area contributed by atoms with Crippen LogP contribution in [0.4, 0.5) is 5.69 Å². The van der Waals surface area contributed by atoms with Crippen LogP contribution in [0, 0.1) is 13.8 Å². The molecule has 0 saturated carbocycles. The molecule has 0 atom stereocenters. The molecule has 1 N–H and O–H groups in total. The Hall–Kier alpha value is -2.53. The molecule has 5 heteroatoms. The zero-order valence-electron chi connectivity index (χ0n) is 12.9. The number of hydrogen-bond donors (Lipinski definition) is 1. The highest BCUT2D eigenvalue weighted by molar-refractivity contribution is 8.03. The SMILES string of the molecule is C=C1Nc2ccc(-c3cccc(-c4nc(C)no4)c3C)cc2S1. The fraction of sp³-hybridized carbons (Fsp3) is 0.111. The lowest BCUT2D eigenvalue weighted by Crippen LogP contribution is -1.90. The second-order valence-electron chi connectivity index (χ2n) is 5.49. The van der Waals surface area contributed by atoms with Gasteiger partial charge in [-0.1, -0.05) is 41.7 Å². The van der Waals surface area contributed by atoms with E-state index in [2.05, 4.69) is 53.2 Å². The summed E-state index contributed by atoms with van der Waals surface area (Å²) in [7, 11) is 0. The molecule has 0 bridgehead atoms. The molecule has 0 fully saturated rings. The molecule has 4 rings (SSSR count). The molecule has 1 aromatic heterocycles. The fourth-order valence-electron chi connectivity index (χ4n) is 2.77. The Morgan fingerprint density at radius 3 is 2.74 bits per heavy atom. The lowest BCUT2D eigenvalue weighted by Gasteiger charge is -2.10. The predicted molar refractivity (Wildman–Crippen MR) is 93.3 cm³/mol. The zero-order valence-corrected chi connectivity index (χ0v) is 13.7. The molecule has 2 aromatic carbocycles. The molecule has 0 amide bonds. The zero-order chi connectivity index (χ0) is 16.0. The molecule has 0 radical (unpaired) electrons. The number of rotatable bonds is 2. The van der Waals surface area contributed by atoms with E-state index in [1.54, 1.807) is 11.8 Å². The number of nitrogens with zero attached hydrogens (tertiary/aromatic N) is 2. The van der Waals surface area contributed by atoms with Crippen LogP contribution >= 0.6 is 11.8 Å². The topological polar surface area (TPSA) is 51.0 Å². The lowest BCUT2D eigenvalue weighted by atomic mass is 9.96. The van der Waals surface area contributed by atoms with Gasteiger partial charge in [0.1, 0.15) is 0 Å². The van der Waals surface area contributed by atoms with Crippen molar-refractivity contribution in [2.45, 2.75) is 18.7 Å². The summed E-state index contributed by atoms with van der Waals surface area (Å²) >= 11 is 1.66. The molecule has 0 aliphatic carbocycles. The Kier molecular flexibility index (Phi) is 3.23. The maximum Gasteiger partial charge on any atom is 0.258 e. The third-order valence-corrected chi connectivity index (χ3v) is 4.80. The van der Waals surface area contributed by atoms with E-state index in [9.17, 15) is 0 Å². The van der Waals surface area contributed by atoms with Gasteiger partial charge in [-0.25, -0.2) is 0 Å². The summed E-state index contributed by atoms with van der Waals surface area (Å²) in [4.78, 5) is 5.54. The predicted octanol–water partition coefficient (Wildman–Crippen LogP) is 5.01. The number of aryl methyl sites for hydroxylation is 1. The highest BCUT2D eigenvalue weighted by atomic mass is 32.2. The van der Waals surface area contributed by atoms with Crippen molar-refractivity contribution < 1.29 is 4.52 Å². The quantitative estimate of drug-likeness (QED) is 0.719.